The lowest BCUT2D eigenvalue weighted by molar-refractivity contribution is 0.414. The molecule has 1 aromatic carbocycles. The van der Waals surface area contributed by atoms with Crippen molar-refractivity contribution in [3.05, 3.63) is 89.6 Å². The molecule has 0 spiro atoms. The highest BCUT2D eigenvalue weighted by atomic mass is 16.5. The second-order valence-corrected chi connectivity index (χ2v) is 7.67. The normalized spacial score (nSPS) is 11.2. The van der Waals surface area contributed by atoms with Gasteiger partial charge >= 0.3 is 0 Å². The first-order chi connectivity index (χ1) is 16.6. The van der Waals surface area contributed by atoms with Crippen LogP contribution in [0.3, 0.4) is 0 Å². The van der Waals surface area contributed by atoms with Crippen molar-refractivity contribution in [1.82, 2.24) is 4.57 Å². The number of ether oxygens (including phenoxy) is 1. The Bertz CT molecular complexity index is 1490. The van der Waals surface area contributed by atoms with Gasteiger partial charge in [0, 0.05) is 28.9 Å². The Morgan fingerprint density at radius 2 is 1.71 bits per heavy atom. The SMILES string of the molecule is COc1ccc(-n2c(C)cc(C=Nc3oc(-c4ccco4)c(-c4ccco4)c3C#N)c2C)cc1. The number of hydrogen-bond donors (Lipinski definition) is 0. The molecular weight excluding hydrogens is 430 g/mol. The Kier molecular flexibility index (Phi) is 5.40. The third-order valence-corrected chi connectivity index (χ3v) is 5.64. The molecule has 34 heavy (non-hydrogen) atoms. The minimum atomic E-state index is 0.189. The second kappa shape index (κ2) is 8.68. The lowest BCUT2D eigenvalue weighted by atomic mass is 10.1. The number of rotatable bonds is 6. The summed E-state index contributed by atoms with van der Waals surface area (Å²) in [6.45, 7) is 4.06. The van der Waals surface area contributed by atoms with E-state index in [9.17, 15) is 5.26 Å². The molecule has 0 aliphatic rings. The molecule has 0 fully saturated rings. The molecule has 4 heterocycles. The van der Waals surface area contributed by atoms with Crippen LogP contribution in [0.4, 0.5) is 5.88 Å². The average Bonchev–Trinajstić information content (AvgIpc) is 3.64. The summed E-state index contributed by atoms with van der Waals surface area (Å²) in [4.78, 5) is 4.55. The maximum Gasteiger partial charge on any atom is 0.238 e. The minimum Gasteiger partial charge on any atom is -0.497 e. The van der Waals surface area contributed by atoms with Gasteiger partial charge in [0.25, 0.3) is 0 Å². The summed E-state index contributed by atoms with van der Waals surface area (Å²) < 4.78 is 24.5. The van der Waals surface area contributed by atoms with E-state index in [-0.39, 0.29) is 11.4 Å². The van der Waals surface area contributed by atoms with Crippen molar-refractivity contribution in [3.8, 4) is 40.4 Å². The number of aryl methyl sites for hydroxylation is 1. The van der Waals surface area contributed by atoms with E-state index in [1.165, 1.54) is 0 Å². The van der Waals surface area contributed by atoms with Crippen LogP contribution >= 0.6 is 0 Å². The van der Waals surface area contributed by atoms with Gasteiger partial charge < -0.3 is 22.6 Å². The van der Waals surface area contributed by atoms with Crippen LogP contribution < -0.4 is 4.74 Å². The Labute approximate surface area is 196 Å². The topological polar surface area (TPSA) is 89.7 Å². The predicted molar refractivity (Wildman–Crippen MR) is 128 cm³/mol. The van der Waals surface area contributed by atoms with Crippen molar-refractivity contribution in [2.45, 2.75) is 13.8 Å². The molecule has 7 heteroatoms. The number of aromatic nitrogens is 1. The van der Waals surface area contributed by atoms with Crippen molar-refractivity contribution >= 4 is 12.1 Å². The van der Waals surface area contributed by atoms with Crippen LogP contribution in [-0.4, -0.2) is 17.9 Å². The van der Waals surface area contributed by atoms with E-state index in [0.717, 1.165) is 28.4 Å². The molecule has 0 N–H and O–H groups in total. The van der Waals surface area contributed by atoms with Crippen LogP contribution in [0, 0.1) is 25.2 Å². The fraction of sp³-hybridized carbons (Fsp3) is 0.111. The predicted octanol–water partition coefficient (Wildman–Crippen LogP) is 6.84. The quantitative estimate of drug-likeness (QED) is 0.264. The van der Waals surface area contributed by atoms with Gasteiger partial charge in [0.05, 0.1) is 25.2 Å². The van der Waals surface area contributed by atoms with Gasteiger partial charge in [-0.25, -0.2) is 4.99 Å². The number of aliphatic imine (C=N–C) groups is 1. The molecule has 0 aliphatic carbocycles. The maximum atomic E-state index is 9.93. The molecule has 4 aromatic heterocycles. The summed E-state index contributed by atoms with van der Waals surface area (Å²) in [5, 5.41) is 9.93. The molecule has 0 radical (unpaired) electrons. The van der Waals surface area contributed by atoms with E-state index < -0.39 is 0 Å². The first-order valence-corrected chi connectivity index (χ1v) is 10.6. The third-order valence-electron chi connectivity index (χ3n) is 5.64. The van der Waals surface area contributed by atoms with Gasteiger partial charge in [0.15, 0.2) is 11.5 Å². The number of nitriles is 1. The van der Waals surface area contributed by atoms with Gasteiger partial charge in [-0.2, -0.15) is 5.26 Å². The minimum absolute atomic E-state index is 0.189. The lowest BCUT2D eigenvalue weighted by Gasteiger charge is -2.10. The molecule has 0 aliphatic heterocycles. The van der Waals surface area contributed by atoms with E-state index in [1.54, 1.807) is 50.1 Å². The van der Waals surface area contributed by atoms with Crippen molar-refractivity contribution in [2.75, 3.05) is 7.11 Å². The molecule has 5 rings (SSSR count). The van der Waals surface area contributed by atoms with Crippen LogP contribution in [0.1, 0.15) is 22.5 Å². The first kappa shape index (κ1) is 21.2. The number of furan rings is 3. The number of hydrogen-bond acceptors (Lipinski definition) is 6. The molecule has 0 saturated carbocycles. The number of nitrogens with zero attached hydrogens (tertiary/aromatic N) is 3. The van der Waals surface area contributed by atoms with Gasteiger partial charge in [-0.15, -0.1) is 0 Å². The van der Waals surface area contributed by atoms with Crippen LogP contribution in [0.15, 0.2) is 85.4 Å². The highest BCUT2D eigenvalue weighted by Crippen LogP contribution is 2.42. The average molecular weight is 451 g/mol. The van der Waals surface area contributed by atoms with E-state index in [4.69, 9.17) is 18.0 Å². The molecular formula is C27H21N3O4. The molecule has 0 unspecified atom stereocenters. The highest BCUT2D eigenvalue weighted by Gasteiger charge is 2.26. The third kappa shape index (κ3) is 3.61. The summed E-state index contributed by atoms with van der Waals surface area (Å²) in [5.41, 5.74) is 4.78. The van der Waals surface area contributed by atoms with Gasteiger partial charge in [-0.1, -0.05) is 0 Å². The van der Waals surface area contributed by atoms with Crippen LogP contribution in [0.5, 0.6) is 5.75 Å². The fourth-order valence-corrected chi connectivity index (χ4v) is 4.03. The second-order valence-electron chi connectivity index (χ2n) is 7.67. The summed E-state index contributed by atoms with van der Waals surface area (Å²) in [5.74, 6) is 2.38. The van der Waals surface area contributed by atoms with E-state index in [1.807, 2.05) is 44.2 Å². The zero-order chi connectivity index (χ0) is 23.7. The number of benzene rings is 1. The smallest absolute Gasteiger partial charge is 0.238 e. The highest BCUT2D eigenvalue weighted by molar-refractivity contribution is 5.88. The lowest BCUT2D eigenvalue weighted by Crippen LogP contribution is -1.99. The van der Waals surface area contributed by atoms with Crippen LogP contribution in [0.25, 0.3) is 28.5 Å². The first-order valence-electron chi connectivity index (χ1n) is 10.6. The van der Waals surface area contributed by atoms with E-state index in [0.29, 0.717) is 22.8 Å². The van der Waals surface area contributed by atoms with E-state index >= 15 is 0 Å². The molecule has 0 amide bonds. The molecule has 0 saturated heterocycles. The molecule has 0 bridgehead atoms. The Morgan fingerprint density at radius 1 is 1.00 bits per heavy atom. The Hall–Kier alpha value is -4.70. The van der Waals surface area contributed by atoms with Crippen molar-refractivity contribution in [2.24, 2.45) is 4.99 Å². The molecule has 168 valence electrons. The summed E-state index contributed by atoms with van der Waals surface area (Å²) in [6, 6.07) is 19.2. The molecule has 5 aromatic rings. The molecule has 0 atom stereocenters. The van der Waals surface area contributed by atoms with Gasteiger partial charge in [0.2, 0.25) is 5.88 Å². The van der Waals surface area contributed by atoms with Gasteiger partial charge in [-0.05, 0) is 68.4 Å². The van der Waals surface area contributed by atoms with Crippen LogP contribution in [0.2, 0.25) is 0 Å². The zero-order valence-electron chi connectivity index (χ0n) is 18.9. The molecule has 7 nitrogen and oxygen atoms in total. The standard InChI is InChI=1S/C27H21N3O4/c1-17-14-19(18(2)30(17)20-8-10-21(31-3)11-9-20)16-29-27-22(15-28)25(23-6-4-12-32-23)26(34-27)24-7-5-13-33-24/h4-14,16H,1-3H3. The van der Waals surface area contributed by atoms with Crippen molar-refractivity contribution in [3.63, 3.8) is 0 Å². The van der Waals surface area contributed by atoms with Crippen molar-refractivity contribution in [1.29, 1.82) is 5.26 Å². The Balaban J connectivity index is 1.57. The summed E-state index contributed by atoms with van der Waals surface area (Å²) >= 11 is 0. The van der Waals surface area contributed by atoms with Crippen LogP contribution in [-0.2, 0) is 0 Å². The number of methoxy groups -OCH3 is 1. The Morgan fingerprint density at radius 3 is 2.32 bits per heavy atom. The zero-order valence-corrected chi connectivity index (χ0v) is 18.9. The van der Waals surface area contributed by atoms with Gasteiger partial charge in [-0.3, -0.25) is 0 Å². The fourth-order valence-electron chi connectivity index (χ4n) is 4.03. The summed E-state index contributed by atoms with van der Waals surface area (Å²) in [7, 11) is 1.65. The van der Waals surface area contributed by atoms with Crippen molar-refractivity contribution < 1.29 is 18.0 Å². The van der Waals surface area contributed by atoms with E-state index in [2.05, 4.69) is 15.6 Å². The van der Waals surface area contributed by atoms with Gasteiger partial charge in [0.1, 0.15) is 23.1 Å². The monoisotopic (exact) mass is 451 g/mol. The largest absolute Gasteiger partial charge is 0.497 e. The maximum absolute atomic E-state index is 9.93. The summed E-state index contributed by atoms with van der Waals surface area (Å²) in [6.07, 6.45) is 4.80.